The van der Waals surface area contributed by atoms with Gasteiger partial charge in [-0.1, -0.05) is 19.9 Å². The molecule has 0 bridgehead atoms. The number of nitrogens with zero attached hydrogens (tertiary/aromatic N) is 5. The van der Waals surface area contributed by atoms with Crippen LogP contribution in [0, 0.1) is 5.41 Å². The van der Waals surface area contributed by atoms with Gasteiger partial charge in [0.05, 0.1) is 12.3 Å². The summed E-state index contributed by atoms with van der Waals surface area (Å²) in [6.45, 7) is 11.8. The summed E-state index contributed by atoms with van der Waals surface area (Å²) in [6.07, 6.45) is 2.89. The van der Waals surface area contributed by atoms with E-state index >= 15 is 0 Å². The molecule has 3 rings (SSSR count). The Kier molecular flexibility index (Phi) is 7.00. The van der Waals surface area contributed by atoms with Crippen LogP contribution in [-0.2, 0) is 10.0 Å². The van der Waals surface area contributed by atoms with Crippen molar-refractivity contribution in [2.24, 2.45) is 10.4 Å². The average molecular weight is 423 g/mol. The van der Waals surface area contributed by atoms with Gasteiger partial charge >= 0.3 is 0 Å². The molecule has 9 heteroatoms. The van der Waals surface area contributed by atoms with E-state index in [9.17, 15) is 8.42 Å². The fourth-order valence-electron chi connectivity index (χ4n) is 3.85. The molecular formula is C20H34N6O2S. The molecule has 0 unspecified atom stereocenters. The predicted octanol–water partition coefficient (Wildman–Crippen LogP) is 1.23. The molecule has 29 heavy (non-hydrogen) atoms. The molecule has 0 aromatic carbocycles. The number of hydrogen-bond donors (Lipinski definition) is 1. The first-order valence-electron chi connectivity index (χ1n) is 10.5. The summed E-state index contributed by atoms with van der Waals surface area (Å²) in [6, 6.07) is 5.79. The zero-order valence-corrected chi connectivity index (χ0v) is 18.7. The van der Waals surface area contributed by atoms with Crippen molar-refractivity contribution in [3.8, 4) is 0 Å². The molecule has 1 aromatic heterocycles. The molecule has 2 aliphatic heterocycles. The van der Waals surface area contributed by atoms with Crippen LogP contribution in [0.2, 0.25) is 0 Å². The van der Waals surface area contributed by atoms with E-state index in [0.717, 1.165) is 37.8 Å². The van der Waals surface area contributed by atoms with Gasteiger partial charge in [0, 0.05) is 52.0 Å². The Bertz CT molecular complexity index is 788. The molecule has 2 aliphatic rings. The lowest BCUT2D eigenvalue weighted by molar-refractivity contribution is 0.370. The van der Waals surface area contributed by atoms with Gasteiger partial charge < -0.3 is 15.1 Å². The third kappa shape index (κ3) is 5.82. The van der Waals surface area contributed by atoms with E-state index in [1.54, 1.807) is 10.5 Å². The number of hydrogen-bond acceptors (Lipinski definition) is 5. The topological polar surface area (TPSA) is 81.1 Å². The van der Waals surface area contributed by atoms with E-state index in [4.69, 9.17) is 0 Å². The molecule has 0 spiro atoms. The molecule has 0 amide bonds. The van der Waals surface area contributed by atoms with Gasteiger partial charge in [0.15, 0.2) is 5.96 Å². The van der Waals surface area contributed by atoms with E-state index < -0.39 is 10.0 Å². The molecule has 162 valence electrons. The maximum Gasteiger partial charge on any atom is 0.216 e. The lowest BCUT2D eigenvalue weighted by atomic mass is 9.93. The second-order valence-corrected chi connectivity index (χ2v) is 10.5. The van der Waals surface area contributed by atoms with Gasteiger partial charge in [-0.15, -0.1) is 0 Å². The first kappa shape index (κ1) is 21.8. The minimum absolute atomic E-state index is 0.0444. The Hall–Kier alpha value is -1.87. The van der Waals surface area contributed by atoms with E-state index in [0.29, 0.717) is 26.2 Å². The fourth-order valence-corrected chi connectivity index (χ4v) is 5.15. The largest absolute Gasteiger partial charge is 0.357 e. The van der Waals surface area contributed by atoms with Crippen molar-refractivity contribution < 1.29 is 8.42 Å². The zero-order valence-electron chi connectivity index (χ0n) is 17.8. The number of pyridine rings is 1. The molecule has 2 fully saturated rings. The number of guanidine groups is 1. The number of sulfonamides is 1. The molecule has 0 radical (unpaired) electrons. The van der Waals surface area contributed by atoms with Crippen LogP contribution in [0.1, 0.15) is 27.2 Å². The van der Waals surface area contributed by atoms with Crippen molar-refractivity contribution in [1.29, 1.82) is 0 Å². The van der Waals surface area contributed by atoms with Gasteiger partial charge in [-0.05, 0) is 30.9 Å². The number of nitrogens with one attached hydrogen (secondary N) is 1. The number of rotatable bonds is 6. The average Bonchev–Trinajstić information content (AvgIpc) is 3.08. The highest BCUT2D eigenvalue weighted by Crippen LogP contribution is 2.28. The molecule has 3 heterocycles. The van der Waals surface area contributed by atoms with Gasteiger partial charge in [0.1, 0.15) is 5.82 Å². The normalized spacial score (nSPS) is 20.9. The smallest absolute Gasteiger partial charge is 0.216 e. The van der Waals surface area contributed by atoms with Crippen LogP contribution in [0.3, 0.4) is 0 Å². The summed E-state index contributed by atoms with van der Waals surface area (Å²) in [4.78, 5) is 13.3. The van der Waals surface area contributed by atoms with Crippen molar-refractivity contribution in [3.63, 3.8) is 0 Å². The van der Waals surface area contributed by atoms with Crippen LogP contribution in [0.4, 0.5) is 5.82 Å². The number of aliphatic imine (C=N–C) groups is 1. The van der Waals surface area contributed by atoms with Gasteiger partial charge in [-0.25, -0.2) is 13.4 Å². The third-order valence-corrected chi connectivity index (χ3v) is 7.38. The van der Waals surface area contributed by atoms with Gasteiger partial charge in [0.2, 0.25) is 10.0 Å². The summed E-state index contributed by atoms with van der Waals surface area (Å²) in [7, 11) is -3.31. The zero-order chi connectivity index (χ0) is 20.9. The first-order chi connectivity index (χ1) is 13.8. The predicted molar refractivity (Wildman–Crippen MR) is 118 cm³/mol. The Morgan fingerprint density at radius 3 is 2.55 bits per heavy atom. The van der Waals surface area contributed by atoms with Crippen LogP contribution in [0.25, 0.3) is 0 Å². The Morgan fingerprint density at radius 1 is 1.21 bits per heavy atom. The number of piperazine rings is 1. The molecule has 2 saturated heterocycles. The number of likely N-dealkylation sites (tertiary alicyclic amines) is 1. The Balaban J connectivity index is 1.53. The molecule has 0 atom stereocenters. The van der Waals surface area contributed by atoms with E-state index in [1.165, 1.54) is 0 Å². The van der Waals surface area contributed by atoms with Crippen LogP contribution in [0.15, 0.2) is 29.4 Å². The second kappa shape index (κ2) is 9.30. The summed E-state index contributed by atoms with van der Waals surface area (Å²) >= 11 is 0. The van der Waals surface area contributed by atoms with Crippen LogP contribution in [-0.4, -0.2) is 86.7 Å². The SMILES string of the molecule is CCNC(=NCCS(=O)(=O)N1CCN(c2ccccn2)CC1)N1CCC(C)(C)C1. The summed E-state index contributed by atoms with van der Waals surface area (Å²) in [5, 5.41) is 3.31. The van der Waals surface area contributed by atoms with Crippen molar-refractivity contribution in [3.05, 3.63) is 24.4 Å². The van der Waals surface area contributed by atoms with Gasteiger partial charge in [-0.2, -0.15) is 4.31 Å². The maximum absolute atomic E-state index is 12.8. The Morgan fingerprint density at radius 2 is 1.97 bits per heavy atom. The van der Waals surface area contributed by atoms with Crippen molar-refractivity contribution in [2.75, 3.05) is 63.0 Å². The summed E-state index contributed by atoms with van der Waals surface area (Å²) in [5.74, 6) is 1.77. The minimum atomic E-state index is -3.31. The highest BCUT2D eigenvalue weighted by atomic mass is 32.2. The molecule has 0 saturated carbocycles. The van der Waals surface area contributed by atoms with Crippen LogP contribution < -0.4 is 10.2 Å². The molecule has 1 N–H and O–H groups in total. The summed E-state index contributed by atoms with van der Waals surface area (Å²) in [5.41, 5.74) is 0.273. The number of anilines is 1. The monoisotopic (exact) mass is 422 g/mol. The summed E-state index contributed by atoms with van der Waals surface area (Å²) < 4.78 is 27.2. The van der Waals surface area contributed by atoms with E-state index in [-0.39, 0.29) is 17.7 Å². The van der Waals surface area contributed by atoms with Crippen molar-refractivity contribution in [1.82, 2.24) is 19.5 Å². The minimum Gasteiger partial charge on any atom is -0.357 e. The van der Waals surface area contributed by atoms with Crippen molar-refractivity contribution in [2.45, 2.75) is 27.2 Å². The second-order valence-electron chi connectivity index (χ2n) is 8.46. The van der Waals surface area contributed by atoms with Crippen molar-refractivity contribution >= 4 is 21.8 Å². The lowest BCUT2D eigenvalue weighted by Gasteiger charge is -2.34. The standard InChI is InChI=1S/C20H34N6O2S/c1-4-21-19(25-11-8-20(2,3)17-25)23-10-16-29(27,28)26-14-12-24(13-15-26)18-7-5-6-9-22-18/h5-7,9H,4,8,10-17H2,1-3H3,(H,21,23). The van der Waals surface area contributed by atoms with Gasteiger partial charge in [-0.3, -0.25) is 4.99 Å². The fraction of sp³-hybridized carbons (Fsp3) is 0.700. The molecular weight excluding hydrogens is 388 g/mol. The van der Waals surface area contributed by atoms with Crippen LogP contribution >= 0.6 is 0 Å². The molecule has 1 aromatic rings. The van der Waals surface area contributed by atoms with Crippen LogP contribution in [0.5, 0.6) is 0 Å². The van der Waals surface area contributed by atoms with Gasteiger partial charge in [0.25, 0.3) is 0 Å². The Labute approximate surface area is 175 Å². The maximum atomic E-state index is 12.8. The third-order valence-electron chi connectivity index (χ3n) is 5.53. The highest BCUT2D eigenvalue weighted by Gasteiger charge is 2.31. The van der Waals surface area contributed by atoms with E-state index in [1.807, 2.05) is 25.1 Å². The quantitative estimate of drug-likeness (QED) is 0.549. The molecule has 8 nitrogen and oxygen atoms in total. The van der Waals surface area contributed by atoms with E-state index in [2.05, 4.69) is 38.9 Å². The first-order valence-corrected chi connectivity index (χ1v) is 12.1. The lowest BCUT2D eigenvalue weighted by Crippen LogP contribution is -2.49. The molecule has 0 aliphatic carbocycles. The highest BCUT2D eigenvalue weighted by molar-refractivity contribution is 7.89. The number of aromatic nitrogens is 1.